The summed E-state index contributed by atoms with van der Waals surface area (Å²) in [6, 6.07) is 0.490. The van der Waals surface area contributed by atoms with Crippen molar-refractivity contribution in [2.24, 2.45) is 11.7 Å². The van der Waals surface area contributed by atoms with E-state index in [2.05, 4.69) is 18.9 Å². The SMILES string of the molecule is CC1CCCC(N(C)C2(CN)CCCC2S(C)(=O)=O)C1. The van der Waals surface area contributed by atoms with E-state index in [1.54, 1.807) is 0 Å². The summed E-state index contributed by atoms with van der Waals surface area (Å²) < 4.78 is 24.4. The molecule has 2 fully saturated rings. The minimum Gasteiger partial charge on any atom is -0.329 e. The van der Waals surface area contributed by atoms with Crippen molar-refractivity contribution in [3.63, 3.8) is 0 Å². The maximum Gasteiger partial charge on any atom is 0.152 e. The molecule has 2 aliphatic carbocycles. The molecule has 5 heteroatoms. The highest BCUT2D eigenvalue weighted by atomic mass is 32.2. The lowest BCUT2D eigenvalue weighted by Gasteiger charge is -2.48. The zero-order chi connectivity index (χ0) is 15.0. The van der Waals surface area contributed by atoms with Gasteiger partial charge in [0.2, 0.25) is 0 Å². The quantitative estimate of drug-likeness (QED) is 0.860. The maximum absolute atomic E-state index is 12.2. The summed E-state index contributed by atoms with van der Waals surface area (Å²) in [4.78, 5) is 2.35. The molecule has 2 rings (SSSR count). The Labute approximate surface area is 124 Å². The second-order valence-corrected chi connectivity index (χ2v) is 9.28. The molecule has 4 atom stereocenters. The molecule has 0 heterocycles. The largest absolute Gasteiger partial charge is 0.329 e. The van der Waals surface area contributed by atoms with E-state index in [0.29, 0.717) is 12.6 Å². The molecular formula is C15H30N2O2S. The van der Waals surface area contributed by atoms with E-state index in [0.717, 1.165) is 25.2 Å². The summed E-state index contributed by atoms with van der Waals surface area (Å²) in [7, 11) is -0.931. The lowest BCUT2D eigenvalue weighted by Crippen LogP contribution is -2.62. The molecule has 20 heavy (non-hydrogen) atoms. The topological polar surface area (TPSA) is 63.4 Å². The van der Waals surface area contributed by atoms with Crippen LogP contribution < -0.4 is 5.73 Å². The lowest BCUT2D eigenvalue weighted by atomic mass is 9.83. The molecule has 2 aliphatic rings. The van der Waals surface area contributed by atoms with Gasteiger partial charge in [-0.05, 0) is 38.6 Å². The summed E-state index contributed by atoms with van der Waals surface area (Å²) in [5.41, 5.74) is 5.75. The van der Waals surface area contributed by atoms with Gasteiger partial charge in [0.15, 0.2) is 9.84 Å². The molecule has 118 valence electrons. The first-order chi connectivity index (χ1) is 9.31. The van der Waals surface area contributed by atoms with Crippen LogP contribution in [0.25, 0.3) is 0 Å². The Morgan fingerprint density at radius 1 is 1.25 bits per heavy atom. The zero-order valence-electron chi connectivity index (χ0n) is 13.1. The van der Waals surface area contributed by atoms with E-state index in [1.165, 1.54) is 31.9 Å². The molecular weight excluding hydrogens is 272 g/mol. The predicted octanol–water partition coefficient (Wildman–Crippen LogP) is 1.79. The van der Waals surface area contributed by atoms with E-state index >= 15 is 0 Å². The Morgan fingerprint density at radius 2 is 1.95 bits per heavy atom. The normalized spacial score (nSPS) is 39.4. The molecule has 0 radical (unpaired) electrons. The van der Waals surface area contributed by atoms with Crippen LogP contribution in [0.2, 0.25) is 0 Å². The fourth-order valence-electron chi connectivity index (χ4n) is 4.53. The molecule has 0 aromatic heterocycles. The lowest BCUT2D eigenvalue weighted by molar-refractivity contribution is 0.0529. The highest BCUT2D eigenvalue weighted by molar-refractivity contribution is 7.91. The monoisotopic (exact) mass is 302 g/mol. The van der Waals surface area contributed by atoms with Gasteiger partial charge < -0.3 is 5.73 Å². The highest BCUT2D eigenvalue weighted by Crippen LogP contribution is 2.41. The molecule has 0 amide bonds. The van der Waals surface area contributed by atoms with Crippen LogP contribution in [0.15, 0.2) is 0 Å². The van der Waals surface area contributed by atoms with Crippen molar-refractivity contribution < 1.29 is 8.42 Å². The van der Waals surface area contributed by atoms with Crippen molar-refractivity contribution >= 4 is 9.84 Å². The van der Waals surface area contributed by atoms with Crippen molar-refractivity contribution in [3.8, 4) is 0 Å². The standard InChI is InChI=1S/C15H30N2O2S/c1-12-6-4-7-13(10-12)17(2)15(11-16)9-5-8-14(15)20(3,18)19/h12-14H,4-11,16H2,1-3H3. The van der Waals surface area contributed by atoms with Gasteiger partial charge in [-0.2, -0.15) is 0 Å². The van der Waals surface area contributed by atoms with Crippen LogP contribution in [0.4, 0.5) is 0 Å². The van der Waals surface area contributed by atoms with E-state index in [9.17, 15) is 8.42 Å². The van der Waals surface area contributed by atoms with Crippen LogP contribution in [0.1, 0.15) is 51.9 Å². The number of hydrogen-bond acceptors (Lipinski definition) is 4. The summed E-state index contributed by atoms with van der Waals surface area (Å²) in [6.45, 7) is 2.75. The molecule has 0 saturated heterocycles. The second kappa shape index (κ2) is 5.93. The number of hydrogen-bond donors (Lipinski definition) is 1. The van der Waals surface area contributed by atoms with Gasteiger partial charge in [0, 0.05) is 24.4 Å². The molecule has 0 spiro atoms. The van der Waals surface area contributed by atoms with E-state index < -0.39 is 9.84 Å². The van der Waals surface area contributed by atoms with E-state index in [4.69, 9.17) is 5.73 Å². The van der Waals surface area contributed by atoms with Gasteiger partial charge in [0.25, 0.3) is 0 Å². The number of sulfone groups is 1. The van der Waals surface area contributed by atoms with Gasteiger partial charge in [-0.15, -0.1) is 0 Å². The van der Waals surface area contributed by atoms with Crippen LogP contribution in [-0.2, 0) is 9.84 Å². The maximum atomic E-state index is 12.2. The van der Waals surface area contributed by atoms with E-state index in [-0.39, 0.29) is 10.8 Å². The zero-order valence-corrected chi connectivity index (χ0v) is 14.0. The van der Waals surface area contributed by atoms with Gasteiger partial charge in [-0.25, -0.2) is 8.42 Å². The van der Waals surface area contributed by atoms with Crippen LogP contribution in [0.3, 0.4) is 0 Å². The Morgan fingerprint density at radius 3 is 2.50 bits per heavy atom. The fraction of sp³-hybridized carbons (Fsp3) is 1.00. The molecule has 2 N–H and O–H groups in total. The third kappa shape index (κ3) is 2.90. The first kappa shape index (κ1) is 16.2. The van der Waals surface area contributed by atoms with Crippen molar-refractivity contribution in [2.45, 2.75) is 68.7 Å². The van der Waals surface area contributed by atoms with E-state index in [1.807, 2.05) is 0 Å². The third-order valence-electron chi connectivity index (χ3n) is 5.70. The van der Waals surface area contributed by atoms with Crippen LogP contribution in [0, 0.1) is 5.92 Å². The summed E-state index contributed by atoms with van der Waals surface area (Å²) >= 11 is 0. The number of nitrogens with zero attached hydrogens (tertiary/aromatic N) is 1. The number of nitrogens with two attached hydrogens (primary N) is 1. The van der Waals surface area contributed by atoms with Gasteiger partial charge in [0.05, 0.1) is 5.25 Å². The molecule has 0 aromatic carbocycles. The van der Waals surface area contributed by atoms with Gasteiger partial charge in [0.1, 0.15) is 0 Å². The average Bonchev–Trinajstić information content (AvgIpc) is 2.83. The third-order valence-corrected chi connectivity index (χ3v) is 7.41. The van der Waals surface area contributed by atoms with Crippen molar-refractivity contribution in [1.29, 1.82) is 0 Å². The molecule has 2 saturated carbocycles. The predicted molar refractivity (Wildman–Crippen MR) is 83.5 cm³/mol. The van der Waals surface area contributed by atoms with Crippen molar-refractivity contribution in [1.82, 2.24) is 4.90 Å². The Bertz CT molecular complexity index is 437. The molecule has 4 nitrogen and oxygen atoms in total. The Kier molecular flexibility index (Phi) is 4.82. The minimum atomic E-state index is -3.04. The van der Waals surface area contributed by atoms with Gasteiger partial charge in [-0.1, -0.05) is 26.2 Å². The van der Waals surface area contributed by atoms with Crippen LogP contribution >= 0.6 is 0 Å². The molecule has 4 unspecified atom stereocenters. The Balaban J connectivity index is 2.25. The minimum absolute atomic E-state index is 0.290. The first-order valence-corrected chi connectivity index (χ1v) is 9.88. The molecule has 0 bridgehead atoms. The van der Waals surface area contributed by atoms with Gasteiger partial charge >= 0.3 is 0 Å². The van der Waals surface area contributed by atoms with Crippen molar-refractivity contribution in [3.05, 3.63) is 0 Å². The average molecular weight is 302 g/mol. The highest BCUT2D eigenvalue weighted by Gasteiger charge is 2.51. The molecule has 0 aliphatic heterocycles. The number of likely N-dealkylation sites (N-methyl/N-ethyl adjacent to an activating group) is 1. The smallest absolute Gasteiger partial charge is 0.152 e. The summed E-state index contributed by atoms with van der Waals surface area (Å²) in [5.74, 6) is 0.740. The second-order valence-electron chi connectivity index (χ2n) is 7.05. The Hall–Kier alpha value is -0.130. The van der Waals surface area contributed by atoms with Crippen LogP contribution in [0.5, 0.6) is 0 Å². The first-order valence-electron chi connectivity index (χ1n) is 7.93. The summed E-state index contributed by atoms with van der Waals surface area (Å²) in [6.07, 6.45) is 8.95. The van der Waals surface area contributed by atoms with Gasteiger partial charge in [-0.3, -0.25) is 4.90 Å². The molecule has 0 aromatic rings. The number of rotatable bonds is 4. The fourth-order valence-corrected chi connectivity index (χ4v) is 6.31. The summed E-state index contributed by atoms with van der Waals surface area (Å²) in [5, 5.41) is -0.290. The van der Waals surface area contributed by atoms with Crippen molar-refractivity contribution in [2.75, 3.05) is 19.8 Å². The van der Waals surface area contributed by atoms with Crippen LogP contribution in [-0.4, -0.2) is 50.0 Å².